The molecule has 1 saturated heterocycles. The maximum Gasteiger partial charge on any atom is 0.0641 e. The first kappa shape index (κ1) is 12.7. The molecule has 2 heterocycles. The molecule has 0 aliphatic carbocycles. The Morgan fingerprint density at radius 2 is 2.35 bits per heavy atom. The molecule has 1 fully saturated rings. The minimum absolute atomic E-state index is 0.0330. The van der Waals surface area contributed by atoms with Crippen molar-refractivity contribution in [2.24, 2.45) is 0 Å². The third-order valence-corrected chi connectivity index (χ3v) is 3.47. The quantitative estimate of drug-likeness (QED) is 0.869. The molecule has 0 bridgehead atoms. The molecule has 1 atom stereocenters. The van der Waals surface area contributed by atoms with Gasteiger partial charge in [0.2, 0.25) is 0 Å². The van der Waals surface area contributed by atoms with Gasteiger partial charge in [0.1, 0.15) is 0 Å². The molecule has 1 unspecified atom stereocenters. The number of rotatable bonds is 4. The fraction of sp³-hybridized carbons (Fsp3) is 0.714. The second-order valence-corrected chi connectivity index (χ2v) is 5.53. The highest BCUT2D eigenvalue weighted by atomic mass is 16.5. The van der Waals surface area contributed by atoms with E-state index in [-0.39, 0.29) is 5.60 Å². The van der Waals surface area contributed by atoms with Gasteiger partial charge in [-0.05, 0) is 45.2 Å². The fourth-order valence-corrected chi connectivity index (χ4v) is 2.46. The zero-order valence-electron chi connectivity index (χ0n) is 11.2. The van der Waals surface area contributed by atoms with Crippen LogP contribution >= 0.6 is 0 Å². The first-order chi connectivity index (χ1) is 8.09. The largest absolute Gasteiger partial charge is 0.375 e. The first-order valence-corrected chi connectivity index (χ1v) is 6.61. The lowest BCUT2D eigenvalue weighted by atomic mass is 9.94. The van der Waals surface area contributed by atoms with E-state index in [1.54, 1.807) is 0 Å². The Morgan fingerprint density at radius 3 is 3.00 bits per heavy atom. The van der Waals surface area contributed by atoms with E-state index >= 15 is 0 Å². The van der Waals surface area contributed by atoms with Gasteiger partial charge in [-0.2, -0.15) is 0 Å². The van der Waals surface area contributed by atoms with E-state index in [0.717, 1.165) is 32.5 Å². The van der Waals surface area contributed by atoms with Gasteiger partial charge in [0.05, 0.1) is 5.60 Å². The lowest BCUT2D eigenvalue weighted by molar-refractivity contribution is -0.0630. The molecule has 1 aromatic rings. The number of hydrogen-bond acceptors (Lipinski definition) is 2. The van der Waals surface area contributed by atoms with Crippen LogP contribution in [0.5, 0.6) is 0 Å². The Morgan fingerprint density at radius 1 is 1.53 bits per heavy atom. The van der Waals surface area contributed by atoms with E-state index in [2.05, 4.69) is 49.1 Å². The van der Waals surface area contributed by atoms with Crippen LogP contribution in [0.15, 0.2) is 18.5 Å². The predicted molar refractivity (Wildman–Crippen MR) is 70.0 cm³/mol. The molecule has 1 aliphatic rings. The second kappa shape index (κ2) is 5.23. The molecule has 1 aliphatic heterocycles. The number of aryl methyl sites for hydroxylation is 1. The van der Waals surface area contributed by atoms with E-state index in [4.69, 9.17) is 4.74 Å². The van der Waals surface area contributed by atoms with Crippen molar-refractivity contribution in [2.75, 3.05) is 6.61 Å². The molecular weight excluding hydrogens is 212 g/mol. The van der Waals surface area contributed by atoms with Gasteiger partial charge in [-0.3, -0.25) is 0 Å². The summed E-state index contributed by atoms with van der Waals surface area (Å²) in [7, 11) is 0. The lowest BCUT2D eigenvalue weighted by Crippen LogP contribution is -2.43. The van der Waals surface area contributed by atoms with Crippen LogP contribution in [0.1, 0.15) is 39.2 Å². The van der Waals surface area contributed by atoms with Gasteiger partial charge in [-0.25, -0.2) is 0 Å². The Labute approximate surface area is 104 Å². The Bertz CT molecular complexity index is 357. The van der Waals surface area contributed by atoms with Gasteiger partial charge < -0.3 is 14.6 Å². The maximum absolute atomic E-state index is 5.72. The molecule has 1 N–H and O–H groups in total. The van der Waals surface area contributed by atoms with Crippen LogP contribution in [0.4, 0.5) is 0 Å². The number of nitrogens with one attached hydrogen (secondary N) is 1. The summed E-state index contributed by atoms with van der Waals surface area (Å²) in [6.07, 6.45) is 6.59. The maximum atomic E-state index is 5.72. The summed E-state index contributed by atoms with van der Waals surface area (Å²) in [6, 6.07) is 2.78. The number of hydrogen-bond donors (Lipinski definition) is 1. The van der Waals surface area contributed by atoms with Crippen LogP contribution in [0.25, 0.3) is 0 Å². The standard InChI is InChI=1S/C14H24N2O/c1-4-16-7-5-12(11-16)10-15-13-6-8-17-14(2,3)9-13/h5,7,11,13,15H,4,6,8-10H2,1-3H3. The van der Waals surface area contributed by atoms with Crippen molar-refractivity contribution in [3.05, 3.63) is 24.0 Å². The van der Waals surface area contributed by atoms with Crippen LogP contribution in [-0.2, 0) is 17.8 Å². The number of ether oxygens (including phenoxy) is 1. The minimum Gasteiger partial charge on any atom is -0.375 e. The zero-order chi connectivity index (χ0) is 12.3. The molecule has 2 rings (SSSR count). The SMILES string of the molecule is CCn1ccc(CNC2CCOC(C)(C)C2)c1. The smallest absolute Gasteiger partial charge is 0.0641 e. The van der Waals surface area contributed by atoms with Gasteiger partial charge in [-0.15, -0.1) is 0 Å². The second-order valence-electron chi connectivity index (χ2n) is 5.53. The minimum atomic E-state index is 0.0330. The summed E-state index contributed by atoms with van der Waals surface area (Å²) in [5, 5.41) is 3.64. The lowest BCUT2D eigenvalue weighted by Gasteiger charge is -2.35. The van der Waals surface area contributed by atoms with Crippen molar-refractivity contribution >= 4 is 0 Å². The third kappa shape index (κ3) is 3.58. The molecule has 0 radical (unpaired) electrons. The van der Waals surface area contributed by atoms with Crippen LogP contribution in [0, 0.1) is 0 Å². The molecule has 96 valence electrons. The molecule has 0 aromatic carbocycles. The predicted octanol–water partition coefficient (Wildman–Crippen LogP) is 2.56. The molecule has 1 aromatic heterocycles. The van der Waals surface area contributed by atoms with Crippen LogP contribution in [0.2, 0.25) is 0 Å². The zero-order valence-corrected chi connectivity index (χ0v) is 11.2. The summed E-state index contributed by atoms with van der Waals surface area (Å²) >= 11 is 0. The first-order valence-electron chi connectivity index (χ1n) is 6.61. The average molecular weight is 236 g/mol. The van der Waals surface area contributed by atoms with E-state index in [9.17, 15) is 0 Å². The van der Waals surface area contributed by atoms with Crippen molar-refractivity contribution < 1.29 is 4.74 Å². The van der Waals surface area contributed by atoms with Crippen LogP contribution < -0.4 is 5.32 Å². The Kier molecular flexibility index (Phi) is 3.89. The number of aromatic nitrogens is 1. The highest BCUT2D eigenvalue weighted by Crippen LogP contribution is 2.24. The van der Waals surface area contributed by atoms with Crippen molar-refractivity contribution in [3.63, 3.8) is 0 Å². The van der Waals surface area contributed by atoms with E-state index in [1.807, 2.05) is 0 Å². The molecule has 17 heavy (non-hydrogen) atoms. The highest BCUT2D eigenvalue weighted by molar-refractivity contribution is 5.10. The van der Waals surface area contributed by atoms with Crippen molar-refractivity contribution in [1.82, 2.24) is 9.88 Å². The van der Waals surface area contributed by atoms with E-state index < -0.39 is 0 Å². The van der Waals surface area contributed by atoms with Crippen LogP contribution in [0.3, 0.4) is 0 Å². The summed E-state index contributed by atoms with van der Waals surface area (Å²) in [5.41, 5.74) is 1.40. The fourth-order valence-electron chi connectivity index (χ4n) is 2.46. The molecule has 0 saturated carbocycles. The third-order valence-electron chi connectivity index (χ3n) is 3.47. The van der Waals surface area contributed by atoms with E-state index in [1.165, 1.54) is 5.56 Å². The molecular formula is C14H24N2O. The molecule has 0 spiro atoms. The van der Waals surface area contributed by atoms with Gasteiger partial charge in [0.25, 0.3) is 0 Å². The van der Waals surface area contributed by atoms with Gasteiger partial charge in [0, 0.05) is 38.1 Å². The summed E-state index contributed by atoms with van der Waals surface area (Å²) in [5.74, 6) is 0. The Balaban J connectivity index is 1.81. The van der Waals surface area contributed by atoms with Crippen molar-refractivity contribution in [1.29, 1.82) is 0 Å². The topological polar surface area (TPSA) is 26.2 Å². The average Bonchev–Trinajstić information content (AvgIpc) is 2.73. The van der Waals surface area contributed by atoms with Crippen molar-refractivity contribution in [3.8, 4) is 0 Å². The monoisotopic (exact) mass is 236 g/mol. The van der Waals surface area contributed by atoms with Crippen LogP contribution in [-0.4, -0.2) is 22.8 Å². The van der Waals surface area contributed by atoms with Gasteiger partial charge in [0.15, 0.2) is 0 Å². The molecule has 0 amide bonds. The summed E-state index contributed by atoms with van der Waals surface area (Å²) < 4.78 is 7.94. The summed E-state index contributed by atoms with van der Waals surface area (Å²) in [6.45, 7) is 9.40. The molecule has 3 nitrogen and oxygen atoms in total. The van der Waals surface area contributed by atoms with Gasteiger partial charge in [-0.1, -0.05) is 0 Å². The summed E-state index contributed by atoms with van der Waals surface area (Å²) in [4.78, 5) is 0. The Hall–Kier alpha value is -0.800. The normalized spacial score (nSPS) is 23.8. The van der Waals surface area contributed by atoms with E-state index in [0.29, 0.717) is 6.04 Å². The molecule has 3 heteroatoms. The van der Waals surface area contributed by atoms with Gasteiger partial charge >= 0.3 is 0 Å². The number of nitrogens with zero attached hydrogens (tertiary/aromatic N) is 1. The van der Waals surface area contributed by atoms with Crippen molar-refractivity contribution in [2.45, 2.75) is 58.3 Å². The highest BCUT2D eigenvalue weighted by Gasteiger charge is 2.28.